The number of methoxy groups -OCH3 is 1. The maximum absolute atomic E-state index is 6.18. The molecule has 1 atom stereocenters. The smallest absolute Gasteiger partial charge is 0.164 e. The van der Waals surface area contributed by atoms with Crippen LogP contribution in [0.25, 0.3) is 0 Å². The third kappa shape index (κ3) is 3.50. The summed E-state index contributed by atoms with van der Waals surface area (Å²) in [6.45, 7) is 3.73. The second-order valence-electron chi connectivity index (χ2n) is 5.85. The minimum absolute atomic E-state index is 0.243. The summed E-state index contributed by atoms with van der Waals surface area (Å²) in [5.41, 5.74) is 1.27. The van der Waals surface area contributed by atoms with E-state index in [0.717, 1.165) is 50.6 Å². The molecule has 3 rings (SSSR count). The van der Waals surface area contributed by atoms with E-state index >= 15 is 0 Å². The predicted octanol–water partition coefficient (Wildman–Crippen LogP) is 2.72. The second-order valence-corrected chi connectivity index (χ2v) is 5.85. The zero-order chi connectivity index (χ0) is 14.5. The maximum atomic E-state index is 6.18. The van der Waals surface area contributed by atoms with Crippen LogP contribution in [-0.4, -0.2) is 39.5 Å². The molecule has 2 heterocycles. The zero-order valence-electron chi connectivity index (χ0n) is 12.8. The van der Waals surface area contributed by atoms with Crippen LogP contribution < -0.4 is 14.8 Å². The van der Waals surface area contributed by atoms with Gasteiger partial charge in [-0.1, -0.05) is 12.1 Å². The molecule has 4 nitrogen and oxygen atoms in total. The molecule has 1 aromatic rings. The Morgan fingerprint density at radius 2 is 2.05 bits per heavy atom. The normalized spacial score (nSPS) is 23.8. The molecule has 0 aromatic heterocycles. The van der Waals surface area contributed by atoms with Gasteiger partial charge >= 0.3 is 0 Å². The van der Waals surface area contributed by atoms with E-state index in [9.17, 15) is 0 Å². The van der Waals surface area contributed by atoms with Crippen molar-refractivity contribution in [3.8, 4) is 11.5 Å². The van der Waals surface area contributed by atoms with Gasteiger partial charge in [0, 0.05) is 30.9 Å². The van der Waals surface area contributed by atoms with Crippen LogP contribution in [0.1, 0.15) is 37.2 Å². The highest BCUT2D eigenvalue weighted by Crippen LogP contribution is 2.38. The van der Waals surface area contributed by atoms with Crippen LogP contribution in [0.3, 0.4) is 0 Å². The predicted molar refractivity (Wildman–Crippen MR) is 82.3 cm³/mol. The summed E-state index contributed by atoms with van der Waals surface area (Å²) in [5, 5.41) is 3.47. The summed E-state index contributed by atoms with van der Waals surface area (Å²) < 4.78 is 17.3. The van der Waals surface area contributed by atoms with Gasteiger partial charge in [0.1, 0.15) is 6.10 Å². The van der Waals surface area contributed by atoms with Crippen LogP contribution >= 0.6 is 0 Å². The molecule has 116 valence electrons. The maximum Gasteiger partial charge on any atom is 0.164 e. The largest absolute Gasteiger partial charge is 0.493 e. The summed E-state index contributed by atoms with van der Waals surface area (Å²) >= 11 is 0. The number of rotatable bonds is 4. The summed E-state index contributed by atoms with van der Waals surface area (Å²) in [6, 6.07) is 6.28. The van der Waals surface area contributed by atoms with Gasteiger partial charge in [-0.05, 0) is 25.5 Å². The molecule has 0 bridgehead atoms. The number of hydrogen-bond acceptors (Lipinski definition) is 4. The molecule has 2 saturated heterocycles. The highest BCUT2D eigenvalue weighted by Gasteiger charge is 2.23. The van der Waals surface area contributed by atoms with Crippen molar-refractivity contribution in [2.45, 2.75) is 37.7 Å². The Balaban J connectivity index is 1.79. The molecule has 2 aliphatic rings. The van der Waals surface area contributed by atoms with Gasteiger partial charge in [0.2, 0.25) is 0 Å². The first-order valence-electron chi connectivity index (χ1n) is 8.00. The lowest BCUT2D eigenvalue weighted by Gasteiger charge is -2.28. The van der Waals surface area contributed by atoms with Crippen LogP contribution in [0.5, 0.6) is 11.5 Å². The molecule has 1 aromatic carbocycles. The Morgan fingerprint density at radius 3 is 2.76 bits per heavy atom. The van der Waals surface area contributed by atoms with Crippen LogP contribution in [0, 0.1) is 0 Å². The van der Waals surface area contributed by atoms with Gasteiger partial charge in [0.25, 0.3) is 0 Å². The van der Waals surface area contributed by atoms with Gasteiger partial charge in [-0.15, -0.1) is 0 Å². The SMILES string of the molecule is COc1c(OC2CCOCC2)cccc1C1CCCNC1. The van der Waals surface area contributed by atoms with E-state index in [1.165, 1.54) is 18.4 Å². The van der Waals surface area contributed by atoms with E-state index < -0.39 is 0 Å². The van der Waals surface area contributed by atoms with Gasteiger partial charge in [0.05, 0.1) is 20.3 Å². The van der Waals surface area contributed by atoms with Gasteiger partial charge < -0.3 is 19.5 Å². The first-order chi connectivity index (χ1) is 10.4. The molecular weight excluding hydrogens is 266 g/mol. The molecule has 1 N–H and O–H groups in total. The van der Waals surface area contributed by atoms with Crippen LogP contribution in [0.4, 0.5) is 0 Å². The number of ether oxygens (including phenoxy) is 3. The van der Waals surface area contributed by atoms with Crippen LogP contribution in [-0.2, 0) is 4.74 Å². The minimum Gasteiger partial charge on any atom is -0.493 e. The molecule has 0 spiro atoms. The molecule has 4 heteroatoms. The number of benzene rings is 1. The molecule has 0 radical (unpaired) electrons. The van der Waals surface area contributed by atoms with Crippen molar-refractivity contribution < 1.29 is 14.2 Å². The fourth-order valence-corrected chi connectivity index (χ4v) is 3.26. The summed E-state index contributed by atoms with van der Waals surface area (Å²) in [6.07, 6.45) is 4.59. The fourth-order valence-electron chi connectivity index (χ4n) is 3.26. The van der Waals surface area contributed by atoms with Crippen molar-refractivity contribution in [3.63, 3.8) is 0 Å². The number of nitrogens with one attached hydrogen (secondary N) is 1. The van der Waals surface area contributed by atoms with Crippen LogP contribution in [0.15, 0.2) is 18.2 Å². The van der Waals surface area contributed by atoms with E-state index in [4.69, 9.17) is 14.2 Å². The van der Waals surface area contributed by atoms with E-state index in [2.05, 4.69) is 17.4 Å². The van der Waals surface area contributed by atoms with Crippen molar-refractivity contribution in [1.29, 1.82) is 0 Å². The first kappa shape index (κ1) is 14.7. The summed E-state index contributed by atoms with van der Waals surface area (Å²) in [4.78, 5) is 0. The average molecular weight is 291 g/mol. The number of para-hydroxylation sites is 1. The van der Waals surface area contributed by atoms with Crippen molar-refractivity contribution in [3.05, 3.63) is 23.8 Å². The third-order valence-electron chi connectivity index (χ3n) is 4.41. The highest BCUT2D eigenvalue weighted by atomic mass is 16.5. The Hall–Kier alpha value is -1.26. The first-order valence-corrected chi connectivity index (χ1v) is 8.00. The van der Waals surface area contributed by atoms with E-state index in [1.807, 2.05) is 6.07 Å². The topological polar surface area (TPSA) is 39.7 Å². The highest BCUT2D eigenvalue weighted by molar-refractivity contribution is 5.48. The van der Waals surface area contributed by atoms with Crippen LogP contribution in [0.2, 0.25) is 0 Å². The lowest BCUT2D eigenvalue weighted by atomic mass is 9.91. The monoisotopic (exact) mass is 291 g/mol. The van der Waals surface area contributed by atoms with E-state index in [-0.39, 0.29) is 6.10 Å². The molecule has 0 saturated carbocycles. The third-order valence-corrected chi connectivity index (χ3v) is 4.41. The molecule has 0 aliphatic carbocycles. The molecule has 21 heavy (non-hydrogen) atoms. The van der Waals surface area contributed by atoms with Gasteiger partial charge in [-0.2, -0.15) is 0 Å². The Bertz CT molecular complexity index is 451. The molecule has 1 unspecified atom stereocenters. The van der Waals surface area contributed by atoms with Gasteiger partial charge in [-0.25, -0.2) is 0 Å². The lowest BCUT2D eigenvalue weighted by Crippen LogP contribution is -2.29. The van der Waals surface area contributed by atoms with E-state index in [1.54, 1.807) is 7.11 Å². The lowest BCUT2D eigenvalue weighted by molar-refractivity contribution is 0.0245. The fraction of sp³-hybridized carbons (Fsp3) is 0.647. The Kier molecular flexibility index (Phi) is 4.99. The molecular formula is C17H25NO3. The standard InChI is InChI=1S/C17H25NO3/c1-19-17-15(13-4-3-9-18-12-13)5-2-6-16(17)21-14-7-10-20-11-8-14/h2,5-6,13-14,18H,3-4,7-12H2,1H3. The van der Waals surface area contributed by atoms with Crippen molar-refractivity contribution >= 4 is 0 Å². The summed E-state index contributed by atoms with van der Waals surface area (Å²) in [5.74, 6) is 2.32. The van der Waals surface area contributed by atoms with Crippen molar-refractivity contribution in [2.24, 2.45) is 0 Å². The number of piperidine rings is 1. The van der Waals surface area contributed by atoms with Gasteiger partial charge in [0.15, 0.2) is 11.5 Å². The average Bonchev–Trinajstić information content (AvgIpc) is 2.56. The second kappa shape index (κ2) is 7.14. The van der Waals surface area contributed by atoms with Gasteiger partial charge in [-0.3, -0.25) is 0 Å². The Labute approximate surface area is 126 Å². The Morgan fingerprint density at radius 1 is 1.19 bits per heavy atom. The minimum atomic E-state index is 0.243. The quantitative estimate of drug-likeness (QED) is 0.926. The van der Waals surface area contributed by atoms with E-state index in [0.29, 0.717) is 5.92 Å². The summed E-state index contributed by atoms with van der Waals surface area (Å²) in [7, 11) is 1.74. The molecule has 2 aliphatic heterocycles. The molecule has 2 fully saturated rings. The molecule has 0 amide bonds. The van der Waals surface area contributed by atoms with Crippen molar-refractivity contribution in [1.82, 2.24) is 5.32 Å². The van der Waals surface area contributed by atoms with Crippen molar-refractivity contribution in [2.75, 3.05) is 33.4 Å². The zero-order valence-corrected chi connectivity index (χ0v) is 12.8. The number of hydrogen-bond donors (Lipinski definition) is 1.